The summed E-state index contributed by atoms with van der Waals surface area (Å²) in [5.41, 5.74) is 0.972. The molecular formula is C19H27N3O4. The van der Waals surface area contributed by atoms with Gasteiger partial charge in [0.15, 0.2) is 11.5 Å². The molecule has 7 nitrogen and oxygen atoms in total. The maximum absolute atomic E-state index is 12.5. The van der Waals surface area contributed by atoms with Crippen molar-refractivity contribution in [2.24, 2.45) is 5.92 Å². The maximum atomic E-state index is 12.5. The number of nitrogens with one attached hydrogen (secondary N) is 1. The van der Waals surface area contributed by atoms with Crippen LogP contribution in [0.5, 0.6) is 11.5 Å². The van der Waals surface area contributed by atoms with E-state index in [2.05, 4.69) is 5.32 Å². The highest BCUT2D eigenvalue weighted by Crippen LogP contribution is 2.30. The average molecular weight is 361 g/mol. The molecule has 1 aromatic carbocycles. The summed E-state index contributed by atoms with van der Waals surface area (Å²) < 4.78 is 11.3. The third kappa shape index (κ3) is 4.39. The number of nitrogens with zero attached hydrogens (tertiary/aromatic N) is 2. The van der Waals surface area contributed by atoms with Gasteiger partial charge in [-0.15, -0.1) is 0 Å². The number of ether oxygens (including phenoxy) is 2. The van der Waals surface area contributed by atoms with Gasteiger partial charge in [0.25, 0.3) is 0 Å². The van der Waals surface area contributed by atoms with Crippen LogP contribution in [0.1, 0.15) is 24.8 Å². The minimum absolute atomic E-state index is 0.00614. The number of hydrogen-bond acceptors (Lipinski definition) is 4. The molecule has 0 aliphatic carbocycles. The molecule has 2 aliphatic rings. The Kier molecular flexibility index (Phi) is 5.85. The smallest absolute Gasteiger partial charge is 0.319 e. The first-order valence-electron chi connectivity index (χ1n) is 9.17. The van der Waals surface area contributed by atoms with Gasteiger partial charge in [-0.3, -0.25) is 4.79 Å². The lowest BCUT2D eigenvalue weighted by Crippen LogP contribution is -2.48. The van der Waals surface area contributed by atoms with Crippen LogP contribution in [0, 0.1) is 5.92 Å². The maximum Gasteiger partial charge on any atom is 0.319 e. The minimum Gasteiger partial charge on any atom is -0.490 e. The molecule has 26 heavy (non-hydrogen) atoms. The number of urea groups is 1. The van der Waals surface area contributed by atoms with E-state index in [0.29, 0.717) is 32.8 Å². The Morgan fingerprint density at radius 1 is 1.19 bits per heavy atom. The summed E-state index contributed by atoms with van der Waals surface area (Å²) in [5, 5.41) is 2.99. The number of benzene rings is 1. The normalized spacial score (nSPS) is 19.5. The molecule has 1 N–H and O–H groups in total. The molecule has 7 heteroatoms. The van der Waals surface area contributed by atoms with Crippen molar-refractivity contribution in [2.45, 2.75) is 25.8 Å². The van der Waals surface area contributed by atoms with E-state index in [1.165, 1.54) is 0 Å². The molecule has 2 aliphatic heterocycles. The Bertz CT molecular complexity index is 662. The monoisotopic (exact) mass is 361 g/mol. The Labute approximate surface area is 154 Å². The fraction of sp³-hybridized carbons (Fsp3) is 0.579. The third-order valence-corrected chi connectivity index (χ3v) is 4.72. The van der Waals surface area contributed by atoms with Gasteiger partial charge in [-0.05, 0) is 30.5 Å². The Morgan fingerprint density at radius 3 is 2.73 bits per heavy atom. The molecule has 142 valence electrons. The van der Waals surface area contributed by atoms with Crippen molar-refractivity contribution in [1.82, 2.24) is 15.1 Å². The van der Waals surface area contributed by atoms with Crippen LogP contribution < -0.4 is 14.8 Å². The topological polar surface area (TPSA) is 71.1 Å². The fourth-order valence-electron chi connectivity index (χ4n) is 3.30. The van der Waals surface area contributed by atoms with Gasteiger partial charge in [0, 0.05) is 40.2 Å². The average Bonchev–Trinajstić information content (AvgIpc) is 2.90. The van der Waals surface area contributed by atoms with Crippen molar-refractivity contribution in [2.75, 3.05) is 40.4 Å². The molecule has 0 bridgehead atoms. The predicted octanol–water partition coefficient (Wildman–Crippen LogP) is 1.86. The third-order valence-electron chi connectivity index (χ3n) is 4.72. The molecule has 1 fully saturated rings. The largest absolute Gasteiger partial charge is 0.490 e. The van der Waals surface area contributed by atoms with Crippen molar-refractivity contribution in [3.8, 4) is 11.5 Å². The first-order valence-corrected chi connectivity index (χ1v) is 9.17. The van der Waals surface area contributed by atoms with Gasteiger partial charge in [-0.1, -0.05) is 6.07 Å². The highest BCUT2D eigenvalue weighted by atomic mass is 16.5. The van der Waals surface area contributed by atoms with Crippen LogP contribution >= 0.6 is 0 Å². The second kappa shape index (κ2) is 8.29. The van der Waals surface area contributed by atoms with E-state index in [1.54, 1.807) is 23.9 Å². The molecule has 1 aromatic rings. The molecule has 0 aromatic heterocycles. The van der Waals surface area contributed by atoms with Crippen molar-refractivity contribution < 1.29 is 19.1 Å². The lowest BCUT2D eigenvalue weighted by molar-refractivity contribution is -0.126. The van der Waals surface area contributed by atoms with Crippen LogP contribution in [0.25, 0.3) is 0 Å². The van der Waals surface area contributed by atoms with Crippen molar-refractivity contribution in [1.29, 1.82) is 0 Å². The SMILES string of the molecule is CN(C)C(=O)N1CCC[C@H](C(=O)NCc2ccc3c(c2)OCCCO3)C1. The molecule has 3 amide bonds. The Balaban J connectivity index is 1.55. The number of likely N-dealkylation sites (tertiary alicyclic amines) is 1. The summed E-state index contributed by atoms with van der Waals surface area (Å²) in [4.78, 5) is 27.9. The van der Waals surface area contributed by atoms with E-state index >= 15 is 0 Å². The van der Waals surface area contributed by atoms with E-state index in [1.807, 2.05) is 18.2 Å². The lowest BCUT2D eigenvalue weighted by atomic mass is 9.97. The molecule has 2 heterocycles. The van der Waals surface area contributed by atoms with Crippen molar-refractivity contribution >= 4 is 11.9 Å². The molecule has 0 unspecified atom stereocenters. The molecule has 0 saturated carbocycles. The molecule has 0 spiro atoms. The number of carbonyl (C=O) groups is 2. The molecule has 0 radical (unpaired) electrons. The van der Waals surface area contributed by atoms with E-state index in [4.69, 9.17) is 9.47 Å². The quantitative estimate of drug-likeness (QED) is 0.892. The summed E-state index contributed by atoms with van der Waals surface area (Å²) in [5.74, 6) is 1.32. The summed E-state index contributed by atoms with van der Waals surface area (Å²) in [6.07, 6.45) is 2.52. The zero-order chi connectivity index (χ0) is 18.5. The van der Waals surface area contributed by atoms with Gasteiger partial charge in [0.2, 0.25) is 5.91 Å². The zero-order valence-electron chi connectivity index (χ0n) is 15.5. The van der Waals surface area contributed by atoms with Gasteiger partial charge >= 0.3 is 6.03 Å². The molecule has 1 saturated heterocycles. The van der Waals surface area contributed by atoms with Crippen LogP contribution in [0.3, 0.4) is 0 Å². The van der Waals surface area contributed by atoms with E-state index < -0.39 is 0 Å². The number of hydrogen-bond donors (Lipinski definition) is 1. The number of carbonyl (C=O) groups excluding carboxylic acids is 2. The first-order chi connectivity index (χ1) is 12.5. The van der Waals surface area contributed by atoms with Crippen molar-refractivity contribution in [3.05, 3.63) is 23.8 Å². The number of amides is 3. The number of rotatable bonds is 3. The van der Waals surface area contributed by atoms with Crippen LogP contribution in [-0.2, 0) is 11.3 Å². The first kappa shape index (κ1) is 18.4. The highest BCUT2D eigenvalue weighted by Gasteiger charge is 2.29. The molecule has 3 rings (SSSR count). The Morgan fingerprint density at radius 2 is 1.96 bits per heavy atom. The molecular weight excluding hydrogens is 334 g/mol. The van der Waals surface area contributed by atoms with Crippen LogP contribution in [0.4, 0.5) is 4.79 Å². The van der Waals surface area contributed by atoms with E-state index in [-0.39, 0.29) is 17.9 Å². The highest BCUT2D eigenvalue weighted by molar-refractivity contribution is 5.80. The number of piperidine rings is 1. The summed E-state index contributed by atoms with van der Waals surface area (Å²) >= 11 is 0. The van der Waals surface area contributed by atoms with Gasteiger partial charge in [-0.25, -0.2) is 4.79 Å². The lowest BCUT2D eigenvalue weighted by Gasteiger charge is -2.33. The Hall–Kier alpha value is -2.44. The van der Waals surface area contributed by atoms with Crippen molar-refractivity contribution in [3.63, 3.8) is 0 Å². The second-order valence-corrected chi connectivity index (χ2v) is 7.01. The standard InChI is InChI=1S/C19H27N3O4/c1-21(2)19(24)22-8-3-5-15(13-22)18(23)20-12-14-6-7-16-17(11-14)26-10-4-9-25-16/h6-7,11,15H,3-5,8-10,12-13H2,1-2H3,(H,20,23)/t15-/m0/s1. The van der Waals surface area contributed by atoms with Gasteiger partial charge in [-0.2, -0.15) is 0 Å². The van der Waals surface area contributed by atoms with Crippen LogP contribution in [0.2, 0.25) is 0 Å². The molecule has 1 atom stereocenters. The second-order valence-electron chi connectivity index (χ2n) is 7.01. The fourth-order valence-corrected chi connectivity index (χ4v) is 3.30. The predicted molar refractivity (Wildman–Crippen MR) is 97.3 cm³/mol. The van der Waals surface area contributed by atoms with Crippen LogP contribution in [0.15, 0.2) is 18.2 Å². The van der Waals surface area contributed by atoms with Gasteiger partial charge in [0.05, 0.1) is 19.1 Å². The summed E-state index contributed by atoms with van der Waals surface area (Å²) in [6.45, 7) is 2.92. The van der Waals surface area contributed by atoms with Gasteiger partial charge < -0.3 is 24.6 Å². The van der Waals surface area contributed by atoms with E-state index in [0.717, 1.165) is 36.3 Å². The summed E-state index contributed by atoms with van der Waals surface area (Å²) in [7, 11) is 3.46. The zero-order valence-corrected chi connectivity index (χ0v) is 15.5. The van der Waals surface area contributed by atoms with E-state index in [9.17, 15) is 9.59 Å². The summed E-state index contributed by atoms with van der Waals surface area (Å²) in [6, 6.07) is 5.71. The van der Waals surface area contributed by atoms with Gasteiger partial charge in [0.1, 0.15) is 0 Å². The van der Waals surface area contributed by atoms with Crippen LogP contribution in [-0.4, -0.2) is 62.1 Å². The number of fused-ring (bicyclic) bond motifs is 1. The minimum atomic E-state index is -0.159.